The highest BCUT2D eigenvalue weighted by Gasteiger charge is 2.00. The van der Waals surface area contributed by atoms with E-state index in [2.05, 4.69) is 32.0 Å². The maximum Gasteiger partial charge on any atom is 0.122 e. The third-order valence-corrected chi connectivity index (χ3v) is 2.25. The van der Waals surface area contributed by atoms with Crippen LogP contribution in [0.5, 0.6) is 5.75 Å². The van der Waals surface area contributed by atoms with Crippen molar-refractivity contribution >= 4 is 0 Å². The largest absolute Gasteiger partial charge is 0.493 e. The van der Waals surface area contributed by atoms with Crippen LogP contribution in [-0.4, -0.2) is 6.61 Å². The molecule has 1 heteroatoms. The Morgan fingerprint density at radius 1 is 1.07 bits per heavy atom. The molecule has 0 atom stereocenters. The minimum atomic E-state index is 0.844. The van der Waals surface area contributed by atoms with Crippen molar-refractivity contribution in [1.29, 1.82) is 0 Å². The predicted octanol–water partition coefficient (Wildman–Crippen LogP) is 3.82. The highest BCUT2D eigenvalue weighted by Crippen LogP contribution is 2.19. The Morgan fingerprint density at radius 2 is 1.86 bits per heavy atom. The molecule has 78 valence electrons. The average Bonchev–Trinajstić information content (AvgIpc) is 2.21. The fraction of sp³-hybridized carbons (Fsp3) is 0.538. The monoisotopic (exact) mass is 192 g/mol. The molecule has 1 nitrogen and oxygen atoms in total. The predicted molar refractivity (Wildman–Crippen MR) is 60.8 cm³/mol. The Morgan fingerprint density at radius 3 is 2.57 bits per heavy atom. The van der Waals surface area contributed by atoms with Gasteiger partial charge in [-0.05, 0) is 24.5 Å². The molecule has 0 bridgehead atoms. The van der Waals surface area contributed by atoms with Crippen molar-refractivity contribution in [3.63, 3.8) is 0 Å². The highest BCUT2D eigenvalue weighted by molar-refractivity contribution is 5.33. The second kappa shape index (κ2) is 6.47. The van der Waals surface area contributed by atoms with E-state index in [0.29, 0.717) is 0 Å². The average molecular weight is 192 g/mol. The van der Waals surface area contributed by atoms with Gasteiger partial charge in [0.1, 0.15) is 5.75 Å². The number of rotatable bonds is 6. The van der Waals surface area contributed by atoms with Gasteiger partial charge in [-0.1, -0.05) is 44.9 Å². The van der Waals surface area contributed by atoms with E-state index < -0.39 is 0 Å². The van der Waals surface area contributed by atoms with Crippen molar-refractivity contribution in [2.24, 2.45) is 0 Å². The van der Waals surface area contributed by atoms with Crippen LogP contribution < -0.4 is 4.74 Å². The molecule has 0 aliphatic rings. The molecule has 0 spiro atoms. The lowest BCUT2D eigenvalue weighted by Crippen LogP contribution is -1.99. The van der Waals surface area contributed by atoms with E-state index in [1.54, 1.807) is 0 Å². The van der Waals surface area contributed by atoms with Gasteiger partial charge in [-0.15, -0.1) is 0 Å². The number of hydrogen-bond acceptors (Lipinski definition) is 1. The molecule has 0 saturated heterocycles. The summed E-state index contributed by atoms with van der Waals surface area (Å²) in [5.41, 5.74) is 1.34. The molecule has 0 radical (unpaired) electrons. The van der Waals surface area contributed by atoms with Crippen LogP contribution in [0, 0.1) is 0 Å². The molecule has 0 N–H and O–H groups in total. The summed E-state index contributed by atoms with van der Waals surface area (Å²) in [6.07, 6.45) is 4.62. The van der Waals surface area contributed by atoms with Gasteiger partial charge >= 0.3 is 0 Å². The van der Waals surface area contributed by atoms with E-state index in [1.807, 2.05) is 6.07 Å². The first-order chi connectivity index (χ1) is 6.88. The van der Waals surface area contributed by atoms with Gasteiger partial charge in [0.15, 0.2) is 0 Å². The quantitative estimate of drug-likeness (QED) is 0.623. The first-order valence-electron chi connectivity index (χ1n) is 5.59. The summed E-state index contributed by atoms with van der Waals surface area (Å²) in [5.74, 6) is 1.07. The lowest BCUT2D eigenvalue weighted by molar-refractivity contribution is 0.306. The third kappa shape index (κ3) is 3.41. The van der Waals surface area contributed by atoms with Crippen molar-refractivity contribution in [3.05, 3.63) is 29.8 Å². The Hall–Kier alpha value is -0.980. The van der Waals surface area contributed by atoms with Crippen molar-refractivity contribution in [2.75, 3.05) is 6.61 Å². The van der Waals surface area contributed by atoms with Gasteiger partial charge in [0, 0.05) is 0 Å². The van der Waals surface area contributed by atoms with Crippen LogP contribution >= 0.6 is 0 Å². The summed E-state index contributed by atoms with van der Waals surface area (Å²) < 4.78 is 5.73. The normalized spacial score (nSPS) is 10.1. The molecule has 1 rings (SSSR count). The Kier molecular flexibility index (Phi) is 5.13. The van der Waals surface area contributed by atoms with Gasteiger partial charge in [0.25, 0.3) is 0 Å². The molecular formula is C13H20O. The van der Waals surface area contributed by atoms with E-state index in [1.165, 1.54) is 18.4 Å². The van der Waals surface area contributed by atoms with E-state index in [0.717, 1.165) is 25.2 Å². The van der Waals surface area contributed by atoms with Crippen LogP contribution in [0.25, 0.3) is 0 Å². The van der Waals surface area contributed by atoms with Gasteiger partial charge in [-0.25, -0.2) is 0 Å². The third-order valence-electron chi connectivity index (χ3n) is 2.25. The van der Waals surface area contributed by atoms with Gasteiger partial charge in [-0.2, -0.15) is 0 Å². The molecule has 0 aliphatic heterocycles. The van der Waals surface area contributed by atoms with Crippen molar-refractivity contribution in [1.82, 2.24) is 0 Å². The molecule has 0 aliphatic carbocycles. The smallest absolute Gasteiger partial charge is 0.122 e. The van der Waals surface area contributed by atoms with Crippen molar-refractivity contribution in [3.8, 4) is 5.75 Å². The van der Waals surface area contributed by atoms with E-state index in [-0.39, 0.29) is 0 Å². The lowest BCUT2D eigenvalue weighted by Gasteiger charge is -2.09. The van der Waals surface area contributed by atoms with Crippen molar-refractivity contribution < 1.29 is 4.74 Å². The lowest BCUT2D eigenvalue weighted by atomic mass is 10.1. The van der Waals surface area contributed by atoms with Gasteiger partial charge in [0.2, 0.25) is 0 Å². The van der Waals surface area contributed by atoms with Crippen LogP contribution in [0.2, 0.25) is 0 Å². The number of para-hydroxylation sites is 1. The summed E-state index contributed by atoms with van der Waals surface area (Å²) in [6, 6.07) is 8.35. The van der Waals surface area contributed by atoms with E-state index in [9.17, 15) is 0 Å². The van der Waals surface area contributed by atoms with E-state index >= 15 is 0 Å². The number of benzene rings is 1. The zero-order valence-electron chi connectivity index (χ0n) is 9.25. The molecule has 0 unspecified atom stereocenters. The van der Waals surface area contributed by atoms with E-state index in [4.69, 9.17) is 4.74 Å². The van der Waals surface area contributed by atoms with Crippen LogP contribution in [0.3, 0.4) is 0 Å². The zero-order chi connectivity index (χ0) is 10.2. The number of aryl methyl sites for hydroxylation is 1. The standard InChI is InChI=1S/C13H20O/c1-3-5-11-14-13-10-7-6-9-12(13)8-4-2/h6-7,9-10H,3-5,8,11H2,1-2H3. The van der Waals surface area contributed by atoms with Gasteiger partial charge in [0.05, 0.1) is 6.61 Å². The Bertz CT molecular complexity index is 255. The number of unbranched alkanes of at least 4 members (excludes halogenated alkanes) is 1. The molecule has 14 heavy (non-hydrogen) atoms. The fourth-order valence-corrected chi connectivity index (χ4v) is 1.45. The van der Waals surface area contributed by atoms with Crippen LogP contribution in [0.15, 0.2) is 24.3 Å². The minimum absolute atomic E-state index is 0.844. The molecule has 0 heterocycles. The molecule has 0 fully saturated rings. The highest BCUT2D eigenvalue weighted by atomic mass is 16.5. The molecule has 0 aromatic heterocycles. The Labute approximate surface area is 87.1 Å². The number of hydrogen-bond donors (Lipinski definition) is 0. The van der Waals surface area contributed by atoms with Crippen LogP contribution in [-0.2, 0) is 6.42 Å². The SMILES string of the molecule is CCCCOc1ccccc1CCC. The number of ether oxygens (including phenoxy) is 1. The summed E-state index contributed by atoms with van der Waals surface area (Å²) >= 11 is 0. The maximum absolute atomic E-state index is 5.73. The fourth-order valence-electron chi connectivity index (χ4n) is 1.45. The topological polar surface area (TPSA) is 9.23 Å². The van der Waals surface area contributed by atoms with Crippen molar-refractivity contribution in [2.45, 2.75) is 39.5 Å². The molecule has 1 aromatic carbocycles. The zero-order valence-corrected chi connectivity index (χ0v) is 9.25. The second-order valence-corrected chi connectivity index (χ2v) is 3.56. The van der Waals surface area contributed by atoms with Gasteiger partial charge in [-0.3, -0.25) is 0 Å². The second-order valence-electron chi connectivity index (χ2n) is 3.56. The maximum atomic E-state index is 5.73. The molecule has 1 aromatic rings. The van der Waals surface area contributed by atoms with Crippen LogP contribution in [0.4, 0.5) is 0 Å². The minimum Gasteiger partial charge on any atom is -0.493 e. The first-order valence-corrected chi connectivity index (χ1v) is 5.59. The Balaban J connectivity index is 2.55. The summed E-state index contributed by atoms with van der Waals surface area (Å²) in [5, 5.41) is 0. The summed E-state index contributed by atoms with van der Waals surface area (Å²) in [4.78, 5) is 0. The molecule has 0 saturated carbocycles. The van der Waals surface area contributed by atoms with Crippen LogP contribution in [0.1, 0.15) is 38.7 Å². The molecule has 0 amide bonds. The van der Waals surface area contributed by atoms with Gasteiger partial charge < -0.3 is 4.74 Å². The first kappa shape index (κ1) is 11.1. The molecular weight excluding hydrogens is 172 g/mol. The summed E-state index contributed by atoms with van der Waals surface area (Å²) in [7, 11) is 0. The summed E-state index contributed by atoms with van der Waals surface area (Å²) in [6.45, 7) is 5.22.